The van der Waals surface area contributed by atoms with Gasteiger partial charge in [0.25, 0.3) is 0 Å². The monoisotopic (exact) mass is 313 g/mol. The van der Waals surface area contributed by atoms with Crippen LogP contribution in [0.1, 0.15) is 6.42 Å². The minimum Gasteiger partial charge on any atom is -0.370 e. The van der Waals surface area contributed by atoms with Crippen LogP contribution >= 0.6 is 11.3 Å². The zero-order valence-electron chi connectivity index (χ0n) is 11.7. The third-order valence-electron chi connectivity index (χ3n) is 2.55. The van der Waals surface area contributed by atoms with Crippen molar-refractivity contribution in [1.82, 2.24) is 4.98 Å². The molecule has 112 valence electrons. The second-order valence-corrected chi connectivity index (χ2v) is 5.06. The average molecular weight is 313 g/mol. The van der Waals surface area contributed by atoms with Crippen molar-refractivity contribution in [2.75, 3.05) is 11.9 Å². The summed E-state index contributed by atoms with van der Waals surface area (Å²) >= 11 is 1.37. The summed E-state index contributed by atoms with van der Waals surface area (Å²) < 4.78 is 0. The fourth-order valence-corrected chi connectivity index (χ4v) is 2.34. The molecule has 5 N–H and O–H groups in total. The van der Waals surface area contributed by atoms with Gasteiger partial charge in [-0.1, -0.05) is 12.1 Å². The smallest absolute Gasteiger partial charge is 0.212 e. The molecule has 1 aromatic heterocycles. The highest BCUT2D eigenvalue weighted by Gasteiger charge is 2.04. The quantitative estimate of drug-likeness (QED) is 0.427. The maximum atomic E-state index is 8.43. The number of hydrogen-bond acceptors (Lipinski definition) is 5. The zero-order valence-corrected chi connectivity index (χ0v) is 12.5. The lowest BCUT2D eigenvalue weighted by atomic mass is 10.1. The predicted molar refractivity (Wildman–Crippen MR) is 90.2 cm³/mol. The zero-order chi connectivity index (χ0) is 15.8. The third kappa shape index (κ3) is 4.57. The van der Waals surface area contributed by atoms with E-state index in [1.165, 1.54) is 11.3 Å². The van der Waals surface area contributed by atoms with E-state index in [9.17, 15) is 0 Å². The van der Waals surface area contributed by atoms with E-state index in [2.05, 4.69) is 20.3 Å². The molecule has 2 rings (SSSR count). The van der Waals surface area contributed by atoms with Gasteiger partial charge in [0.05, 0.1) is 31.1 Å². The molecular formula is C14H15N7S. The van der Waals surface area contributed by atoms with Gasteiger partial charge in [-0.25, -0.2) is 4.98 Å². The van der Waals surface area contributed by atoms with Gasteiger partial charge in [0.15, 0.2) is 5.96 Å². The van der Waals surface area contributed by atoms with Crippen LogP contribution in [0.15, 0.2) is 39.6 Å². The lowest BCUT2D eigenvalue weighted by Crippen LogP contribution is -2.21. The van der Waals surface area contributed by atoms with Gasteiger partial charge in [-0.3, -0.25) is 4.99 Å². The van der Waals surface area contributed by atoms with Gasteiger partial charge in [-0.2, -0.15) is 10.3 Å². The summed E-state index contributed by atoms with van der Waals surface area (Å²) in [5, 5.41) is 13.9. The summed E-state index contributed by atoms with van der Waals surface area (Å²) in [6.45, 7) is 0.483. The summed E-state index contributed by atoms with van der Waals surface area (Å²) in [6.07, 6.45) is 1.99. The van der Waals surface area contributed by atoms with Gasteiger partial charge in [-0.05, 0) is 12.1 Å². The van der Waals surface area contributed by atoms with Gasteiger partial charge in [0, 0.05) is 16.6 Å². The second-order valence-electron chi connectivity index (χ2n) is 4.22. The maximum Gasteiger partial charge on any atom is 0.212 e. The molecule has 0 saturated heterocycles. The molecule has 22 heavy (non-hydrogen) atoms. The van der Waals surface area contributed by atoms with Crippen molar-refractivity contribution in [3.05, 3.63) is 29.6 Å². The number of anilines is 1. The number of nitrogens with one attached hydrogen (secondary N) is 1. The standard InChI is InChI=1S/C14H15N7S/c15-5-2-6-18-9-19-11-4-1-3-10(7-11)12-8-22-14(20-12)21-13(16)17/h1,3-4,7-9H,2,6H2,(H,18,19)(H4,16,17,20,21). The van der Waals surface area contributed by atoms with Gasteiger partial charge in [-0.15, -0.1) is 11.3 Å². The lowest BCUT2D eigenvalue weighted by Gasteiger charge is -2.02. The molecule has 7 nitrogen and oxygen atoms in total. The number of hydrogen-bond donors (Lipinski definition) is 3. The number of guanidine groups is 1. The van der Waals surface area contributed by atoms with Gasteiger partial charge < -0.3 is 16.8 Å². The number of aromatic nitrogens is 1. The third-order valence-corrected chi connectivity index (χ3v) is 3.28. The van der Waals surface area contributed by atoms with Crippen molar-refractivity contribution in [1.29, 1.82) is 5.26 Å². The number of nitriles is 1. The summed E-state index contributed by atoms with van der Waals surface area (Å²) in [7, 11) is 0. The Morgan fingerprint density at radius 1 is 1.45 bits per heavy atom. The Kier molecular flexibility index (Phi) is 5.45. The average Bonchev–Trinajstić information content (AvgIpc) is 2.95. The molecule has 0 aliphatic rings. The van der Waals surface area contributed by atoms with Crippen LogP contribution in [0.25, 0.3) is 11.3 Å². The Morgan fingerprint density at radius 3 is 3.09 bits per heavy atom. The van der Waals surface area contributed by atoms with Crippen molar-refractivity contribution in [2.45, 2.75) is 6.42 Å². The topological polar surface area (TPSA) is 125 Å². The first-order valence-electron chi connectivity index (χ1n) is 6.46. The number of thiazole rings is 1. The molecule has 0 radical (unpaired) electrons. The molecule has 8 heteroatoms. The van der Waals surface area contributed by atoms with Crippen molar-refractivity contribution in [2.24, 2.45) is 21.5 Å². The molecular weight excluding hydrogens is 298 g/mol. The van der Waals surface area contributed by atoms with E-state index >= 15 is 0 Å². The van der Waals surface area contributed by atoms with Crippen molar-refractivity contribution in [3.8, 4) is 17.3 Å². The molecule has 0 spiro atoms. The van der Waals surface area contributed by atoms with E-state index in [4.69, 9.17) is 16.7 Å². The molecule has 0 fully saturated rings. The first-order chi connectivity index (χ1) is 10.7. The Balaban J connectivity index is 2.08. The van der Waals surface area contributed by atoms with E-state index in [1.54, 1.807) is 6.34 Å². The Hall–Kier alpha value is -2.92. The molecule has 0 aliphatic heterocycles. The number of rotatable bonds is 6. The highest BCUT2D eigenvalue weighted by Crippen LogP contribution is 2.27. The SMILES string of the molecule is N#CCCN=CNc1cccc(-c2csc(N=C(N)N)n2)c1. The number of aliphatic imine (C=N–C) groups is 2. The first-order valence-corrected chi connectivity index (χ1v) is 7.34. The van der Waals surface area contributed by atoms with Crippen LogP contribution < -0.4 is 16.8 Å². The normalized spacial score (nSPS) is 10.3. The van der Waals surface area contributed by atoms with E-state index < -0.39 is 0 Å². The number of benzene rings is 1. The van der Waals surface area contributed by atoms with E-state index in [1.807, 2.05) is 35.7 Å². The molecule has 0 atom stereocenters. The first kappa shape index (κ1) is 15.5. The summed E-state index contributed by atoms with van der Waals surface area (Å²) in [4.78, 5) is 12.4. The molecule has 0 unspecified atom stereocenters. The Morgan fingerprint density at radius 2 is 2.32 bits per heavy atom. The van der Waals surface area contributed by atoms with Crippen LogP contribution in [0.5, 0.6) is 0 Å². The van der Waals surface area contributed by atoms with Gasteiger partial charge in [0.1, 0.15) is 0 Å². The minimum atomic E-state index is -0.00935. The minimum absolute atomic E-state index is 0.00935. The van der Waals surface area contributed by atoms with Gasteiger partial charge >= 0.3 is 0 Å². The molecule has 0 bridgehead atoms. The second kappa shape index (κ2) is 7.75. The molecule has 2 aromatic rings. The highest BCUT2D eigenvalue weighted by atomic mass is 32.1. The highest BCUT2D eigenvalue weighted by molar-refractivity contribution is 7.13. The number of nitrogens with zero attached hydrogens (tertiary/aromatic N) is 4. The van der Waals surface area contributed by atoms with Crippen LogP contribution in [0.2, 0.25) is 0 Å². The lowest BCUT2D eigenvalue weighted by molar-refractivity contribution is 1.02. The summed E-state index contributed by atoms with van der Waals surface area (Å²) in [6, 6.07) is 9.77. The van der Waals surface area contributed by atoms with Gasteiger partial charge in [0.2, 0.25) is 5.13 Å². The molecule has 0 aliphatic carbocycles. The summed E-state index contributed by atoms with van der Waals surface area (Å²) in [5.41, 5.74) is 13.3. The van der Waals surface area contributed by atoms with E-state index in [0.717, 1.165) is 16.9 Å². The van der Waals surface area contributed by atoms with Crippen LogP contribution in [-0.4, -0.2) is 23.8 Å². The molecule has 0 saturated carbocycles. The van der Waals surface area contributed by atoms with Crippen LogP contribution in [-0.2, 0) is 0 Å². The Labute approximate surface area is 132 Å². The fourth-order valence-electron chi connectivity index (χ4n) is 1.63. The largest absolute Gasteiger partial charge is 0.370 e. The van der Waals surface area contributed by atoms with E-state index in [-0.39, 0.29) is 5.96 Å². The van der Waals surface area contributed by atoms with Crippen molar-refractivity contribution >= 4 is 34.5 Å². The Bertz CT molecular complexity index is 723. The number of nitrogens with two attached hydrogens (primary N) is 2. The summed E-state index contributed by atoms with van der Waals surface area (Å²) in [5.74, 6) is -0.00935. The molecule has 1 heterocycles. The maximum absolute atomic E-state index is 8.43. The molecule has 1 aromatic carbocycles. The fraction of sp³-hybridized carbons (Fsp3) is 0.143. The van der Waals surface area contributed by atoms with Crippen LogP contribution in [0.3, 0.4) is 0 Å². The van der Waals surface area contributed by atoms with Crippen LogP contribution in [0.4, 0.5) is 10.8 Å². The molecule has 0 amide bonds. The predicted octanol–water partition coefficient (Wildman–Crippen LogP) is 2.07. The van der Waals surface area contributed by atoms with E-state index in [0.29, 0.717) is 18.1 Å². The van der Waals surface area contributed by atoms with Crippen molar-refractivity contribution < 1.29 is 0 Å². The van der Waals surface area contributed by atoms with Crippen molar-refractivity contribution in [3.63, 3.8) is 0 Å². The van der Waals surface area contributed by atoms with Crippen LogP contribution in [0, 0.1) is 11.3 Å².